The van der Waals surface area contributed by atoms with Crippen LogP contribution in [0.1, 0.15) is 13.0 Å². The van der Waals surface area contributed by atoms with Gasteiger partial charge in [-0.3, -0.25) is 14.2 Å². The fourth-order valence-corrected chi connectivity index (χ4v) is 3.35. The highest BCUT2D eigenvalue weighted by Crippen LogP contribution is 2.30. The van der Waals surface area contributed by atoms with E-state index in [1.807, 2.05) is 0 Å². The number of anilines is 1. The molecule has 0 fully saturated rings. The van der Waals surface area contributed by atoms with Crippen molar-refractivity contribution < 1.29 is 18.8 Å². The summed E-state index contributed by atoms with van der Waals surface area (Å²) in [5.41, 5.74) is 1.11. The summed E-state index contributed by atoms with van der Waals surface area (Å²) in [5, 5.41) is 7.49. The van der Waals surface area contributed by atoms with E-state index in [0.717, 1.165) is 0 Å². The Morgan fingerprint density at radius 1 is 1.12 bits per heavy atom. The van der Waals surface area contributed by atoms with Gasteiger partial charge in [0.2, 0.25) is 5.91 Å². The van der Waals surface area contributed by atoms with Gasteiger partial charge in [-0.25, -0.2) is 4.98 Å². The molecule has 4 aromatic rings. The molecule has 2 heterocycles. The van der Waals surface area contributed by atoms with Gasteiger partial charge in [0.05, 0.1) is 14.2 Å². The molecule has 2 aromatic heterocycles. The van der Waals surface area contributed by atoms with Gasteiger partial charge in [0.25, 0.3) is 11.3 Å². The molecule has 0 saturated heterocycles. The first-order chi connectivity index (χ1) is 15.4. The molecule has 0 unspecified atom stereocenters. The fourth-order valence-electron chi connectivity index (χ4n) is 3.23. The summed E-state index contributed by atoms with van der Waals surface area (Å²) in [7, 11) is 3.03. The maximum absolute atomic E-state index is 13.2. The number of rotatable bonds is 6. The average Bonchev–Trinajstić information content (AvgIpc) is 3.24. The standard InChI is InChI=1S/C22H19ClN4O5/c1-12(20(28)25-15-8-9-16(30-2)17(10-15)31-3)27-11-24-21-18(22(27)29)19(26-32-21)13-4-6-14(23)7-5-13/h4-12H,1-3H3,(H,25,28)/t12-/m0/s1. The van der Waals surface area contributed by atoms with E-state index in [-0.39, 0.29) is 11.1 Å². The minimum atomic E-state index is -0.861. The molecule has 4 rings (SSSR count). The SMILES string of the molecule is COc1ccc(NC(=O)[C@H](C)n2cnc3onc(-c4ccc(Cl)cc4)c3c2=O)cc1OC. The van der Waals surface area contributed by atoms with Crippen LogP contribution in [0.3, 0.4) is 0 Å². The first-order valence-electron chi connectivity index (χ1n) is 9.58. The van der Waals surface area contributed by atoms with Gasteiger partial charge >= 0.3 is 0 Å². The van der Waals surface area contributed by atoms with Crippen LogP contribution in [-0.4, -0.2) is 34.8 Å². The molecule has 9 nitrogen and oxygen atoms in total. The number of aromatic nitrogens is 3. The number of fused-ring (bicyclic) bond motifs is 1. The van der Waals surface area contributed by atoms with Crippen LogP contribution in [0.15, 0.2) is 58.1 Å². The Balaban J connectivity index is 1.66. The Bertz CT molecular complexity index is 1350. The van der Waals surface area contributed by atoms with Gasteiger partial charge in [-0.15, -0.1) is 0 Å². The van der Waals surface area contributed by atoms with E-state index in [4.69, 9.17) is 25.6 Å². The van der Waals surface area contributed by atoms with E-state index < -0.39 is 17.5 Å². The van der Waals surface area contributed by atoms with Gasteiger partial charge in [-0.2, -0.15) is 0 Å². The molecule has 0 saturated carbocycles. The number of hydrogen-bond donors (Lipinski definition) is 1. The van der Waals surface area contributed by atoms with Crippen LogP contribution < -0.4 is 20.3 Å². The molecular formula is C22H19ClN4O5. The van der Waals surface area contributed by atoms with Gasteiger partial charge in [0, 0.05) is 22.3 Å². The summed E-state index contributed by atoms with van der Waals surface area (Å²) in [4.78, 5) is 30.2. The fraction of sp³-hybridized carbons (Fsp3) is 0.182. The molecule has 0 aliphatic carbocycles. The summed E-state index contributed by atoms with van der Waals surface area (Å²) in [5.74, 6) is 0.590. The summed E-state index contributed by atoms with van der Waals surface area (Å²) < 4.78 is 16.9. The van der Waals surface area contributed by atoms with E-state index in [2.05, 4.69) is 15.5 Å². The molecule has 10 heteroatoms. The average molecular weight is 455 g/mol. The first kappa shape index (κ1) is 21.4. The first-order valence-corrected chi connectivity index (χ1v) is 9.96. The number of halogens is 1. The third-order valence-corrected chi connectivity index (χ3v) is 5.24. The quantitative estimate of drug-likeness (QED) is 0.470. The number of carbonyl (C=O) groups is 1. The molecular weight excluding hydrogens is 436 g/mol. The maximum atomic E-state index is 13.2. The van der Waals surface area contributed by atoms with Crippen LogP contribution in [-0.2, 0) is 4.79 Å². The molecule has 0 aliphatic heterocycles. The van der Waals surface area contributed by atoms with E-state index in [0.29, 0.717) is 33.5 Å². The molecule has 2 aromatic carbocycles. The van der Waals surface area contributed by atoms with Crippen LogP contribution in [0.5, 0.6) is 11.5 Å². The Labute approximate surface area is 187 Å². The Kier molecular flexibility index (Phi) is 5.83. The third kappa shape index (κ3) is 3.90. The van der Waals surface area contributed by atoms with E-state index in [1.54, 1.807) is 49.4 Å². The molecule has 1 N–H and O–H groups in total. The predicted molar refractivity (Wildman–Crippen MR) is 119 cm³/mol. The lowest BCUT2D eigenvalue weighted by Gasteiger charge is -2.15. The second-order valence-electron chi connectivity index (χ2n) is 6.91. The van der Waals surface area contributed by atoms with Crippen LogP contribution in [0, 0.1) is 0 Å². The minimum absolute atomic E-state index is 0.0868. The molecule has 1 amide bonds. The lowest BCUT2D eigenvalue weighted by atomic mass is 10.1. The summed E-state index contributed by atoms with van der Waals surface area (Å²) in [6.45, 7) is 1.60. The number of nitrogens with one attached hydrogen (secondary N) is 1. The number of nitrogens with zero attached hydrogens (tertiary/aromatic N) is 3. The molecule has 0 aliphatic rings. The lowest BCUT2D eigenvalue weighted by molar-refractivity contribution is -0.118. The monoisotopic (exact) mass is 454 g/mol. The van der Waals surface area contributed by atoms with E-state index in [1.165, 1.54) is 25.1 Å². The number of benzene rings is 2. The second kappa shape index (κ2) is 8.72. The topological polar surface area (TPSA) is 108 Å². The van der Waals surface area contributed by atoms with Crippen LogP contribution in [0.25, 0.3) is 22.4 Å². The van der Waals surface area contributed by atoms with Gasteiger partial charge in [-0.05, 0) is 31.2 Å². The lowest BCUT2D eigenvalue weighted by Crippen LogP contribution is -2.31. The second-order valence-corrected chi connectivity index (χ2v) is 7.35. The van der Waals surface area contributed by atoms with Gasteiger partial charge in [-0.1, -0.05) is 28.9 Å². The highest BCUT2D eigenvalue weighted by molar-refractivity contribution is 6.30. The summed E-state index contributed by atoms with van der Waals surface area (Å²) in [6.07, 6.45) is 1.26. The van der Waals surface area contributed by atoms with E-state index >= 15 is 0 Å². The van der Waals surface area contributed by atoms with Crippen molar-refractivity contribution >= 4 is 34.3 Å². The third-order valence-electron chi connectivity index (χ3n) is 4.99. The van der Waals surface area contributed by atoms with Crippen molar-refractivity contribution in [2.75, 3.05) is 19.5 Å². The summed E-state index contributed by atoms with van der Waals surface area (Å²) >= 11 is 5.95. The normalized spacial score (nSPS) is 11.9. The smallest absolute Gasteiger partial charge is 0.267 e. The van der Waals surface area contributed by atoms with Crippen molar-refractivity contribution in [3.8, 4) is 22.8 Å². The van der Waals surface area contributed by atoms with Crippen molar-refractivity contribution in [3.05, 3.63) is 64.2 Å². The number of carbonyl (C=O) groups excluding carboxylic acids is 1. The molecule has 0 radical (unpaired) electrons. The molecule has 0 spiro atoms. The predicted octanol–water partition coefficient (Wildman–Crippen LogP) is 3.92. The summed E-state index contributed by atoms with van der Waals surface area (Å²) in [6, 6.07) is 10.9. The Hall–Kier alpha value is -3.85. The number of hydrogen-bond acceptors (Lipinski definition) is 7. The highest BCUT2D eigenvalue weighted by Gasteiger charge is 2.22. The number of methoxy groups -OCH3 is 2. The van der Waals surface area contributed by atoms with Crippen molar-refractivity contribution in [2.45, 2.75) is 13.0 Å². The Morgan fingerprint density at radius 3 is 2.53 bits per heavy atom. The van der Waals surface area contributed by atoms with Gasteiger partial charge in [0.1, 0.15) is 23.4 Å². The zero-order valence-electron chi connectivity index (χ0n) is 17.5. The van der Waals surface area contributed by atoms with Crippen LogP contribution >= 0.6 is 11.6 Å². The van der Waals surface area contributed by atoms with Crippen molar-refractivity contribution in [3.63, 3.8) is 0 Å². The van der Waals surface area contributed by atoms with Crippen LogP contribution in [0.2, 0.25) is 5.02 Å². The van der Waals surface area contributed by atoms with Crippen molar-refractivity contribution in [1.29, 1.82) is 0 Å². The van der Waals surface area contributed by atoms with Crippen molar-refractivity contribution in [2.24, 2.45) is 0 Å². The zero-order valence-corrected chi connectivity index (χ0v) is 18.2. The zero-order chi connectivity index (χ0) is 22.8. The van der Waals surface area contributed by atoms with E-state index in [9.17, 15) is 9.59 Å². The minimum Gasteiger partial charge on any atom is -0.493 e. The molecule has 32 heavy (non-hydrogen) atoms. The number of amides is 1. The van der Waals surface area contributed by atoms with Gasteiger partial charge < -0.3 is 19.3 Å². The largest absolute Gasteiger partial charge is 0.493 e. The Morgan fingerprint density at radius 2 is 1.84 bits per heavy atom. The maximum Gasteiger partial charge on any atom is 0.267 e. The molecule has 164 valence electrons. The number of ether oxygens (including phenoxy) is 2. The molecule has 0 bridgehead atoms. The van der Waals surface area contributed by atoms with Crippen molar-refractivity contribution in [1.82, 2.24) is 14.7 Å². The highest BCUT2D eigenvalue weighted by atomic mass is 35.5. The van der Waals surface area contributed by atoms with Gasteiger partial charge in [0.15, 0.2) is 11.5 Å². The van der Waals surface area contributed by atoms with Crippen LogP contribution in [0.4, 0.5) is 5.69 Å². The molecule has 1 atom stereocenters.